The standard InChI is InChI=1S/C16H23FN2O/c1-11-9-12(18)10-13(14(11)17)15(20)19-7-4-5-16(2,3)6-8-19/h9-10H,4-8,18H2,1-3H3. The molecular formula is C16H23FN2O. The summed E-state index contributed by atoms with van der Waals surface area (Å²) < 4.78 is 14.1. The first-order valence-electron chi connectivity index (χ1n) is 7.15. The van der Waals surface area contributed by atoms with Crippen LogP contribution in [0.15, 0.2) is 12.1 Å². The van der Waals surface area contributed by atoms with Gasteiger partial charge in [0.25, 0.3) is 5.91 Å². The van der Waals surface area contributed by atoms with E-state index in [1.54, 1.807) is 17.9 Å². The molecule has 2 N–H and O–H groups in total. The maximum atomic E-state index is 14.1. The number of nitrogens with zero attached hydrogens (tertiary/aromatic N) is 1. The second-order valence-electron chi connectivity index (χ2n) is 6.51. The van der Waals surface area contributed by atoms with Crippen LogP contribution in [-0.2, 0) is 0 Å². The minimum atomic E-state index is -0.451. The molecule has 0 spiro atoms. The van der Waals surface area contributed by atoms with Crippen molar-refractivity contribution >= 4 is 11.6 Å². The van der Waals surface area contributed by atoms with Crippen LogP contribution >= 0.6 is 0 Å². The number of rotatable bonds is 1. The Labute approximate surface area is 120 Å². The first-order valence-corrected chi connectivity index (χ1v) is 7.15. The van der Waals surface area contributed by atoms with Gasteiger partial charge < -0.3 is 10.6 Å². The molecule has 20 heavy (non-hydrogen) atoms. The van der Waals surface area contributed by atoms with Gasteiger partial charge in [-0.3, -0.25) is 4.79 Å². The molecular weight excluding hydrogens is 255 g/mol. The number of likely N-dealkylation sites (tertiary alicyclic amines) is 1. The average Bonchev–Trinajstić information content (AvgIpc) is 2.54. The molecule has 1 amide bonds. The average molecular weight is 278 g/mol. The van der Waals surface area contributed by atoms with Crippen molar-refractivity contribution in [2.75, 3.05) is 18.8 Å². The number of benzene rings is 1. The maximum absolute atomic E-state index is 14.1. The van der Waals surface area contributed by atoms with Gasteiger partial charge in [-0.1, -0.05) is 13.8 Å². The van der Waals surface area contributed by atoms with Gasteiger partial charge in [0.15, 0.2) is 0 Å². The van der Waals surface area contributed by atoms with Gasteiger partial charge in [-0.2, -0.15) is 0 Å². The van der Waals surface area contributed by atoms with Crippen LogP contribution in [0, 0.1) is 18.2 Å². The smallest absolute Gasteiger partial charge is 0.256 e. The highest BCUT2D eigenvalue weighted by Gasteiger charge is 2.27. The molecule has 4 heteroatoms. The Morgan fingerprint density at radius 1 is 1.30 bits per heavy atom. The van der Waals surface area contributed by atoms with E-state index < -0.39 is 5.82 Å². The van der Waals surface area contributed by atoms with Crippen LogP contribution in [0.3, 0.4) is 0 Å². The lowest BCUT2D eigenvalue weighted by Gasteiger charge is -2.23. The van der Waals surface area contributed by atoms with Gasteiger partial charge in [0.05, 0.1) is 5.56 Å². The van der Waals surface area contributed by atoms with Gasteiger partial charge in [0.1, 0.15) is 5.82 Å². The van der Waals surface area contributed by atoms with Crippen LogP contribution in [0.4, 0.5) is 10.1 Å². The fraction of sp³-hybridized carbons (Fsp3) is 0.562. The summed E-state index contributed by atoms with van der Waals surface area (Å²) in [5.74, 6) is -0.691. The largest absolute Gasteiger partial charge is 0.399 e. The van der Waals surface area contributed by atoms with E-state index in [1.807, 2.05) is 0 Å². The SMILES string of the molecule is Cc1cc(N)cc(C(=O)N2CCCC(C)(C)CC2)c1F. The predicted octanol–water partition coefficient (Wildman–Crippen LogP) is 3.37. The molecule has 1 saturated heterocycles. The van der Waals surface area contributed by atoms with Crippen molar-refractivity contribution < 1.29 is 9.18 Å². The normalized spacial score (nSPS) is 18.7. The third-order valence-corrected chi connectivity index (χ3v) is 4.13. The van der Waals surface area contributed by atoms with Crippen LogP contribution < -0.4 is 5.73 Å². The summed E-state index contributed by atoms with van der Waals surface area (Å²) >= 11 is 0. The zero-order valence-electron chi connectivity index (χ0n) is 12.5. The molecule has 0 saturated carbocycles. The molecule has 0 bridgehead atoms. The monoisotopic (exact) mass is 278 g/mol. The van der Waals surface area contributed by atoms with Gasteiger partial charge >= 0.3 is 0 Å². The van der Waals surface area contributed by atoms with E-state index in [4.69, 9.17) is 5.73 Å². The Kier molecular flexibility index (Phi) is 4.02. The molecule has 110 valence electrons. The lowest BCUT2D eigenvalue weighted by Crippen LogP contribution is -2.33. The number of nitrogen functional groups attached to an aromatic ring is 1. The van der Waals surface area contributed by atoms with Crippen molar-refractivity contribution in [1.29, 1.82) is 0 Å². The number of anilines is 1. The molecule has 0 radical (unpaired) electrons. The highest BCUT2D eigenvalue weighted by molar-refractivity contribution is 5.95. The van der Waals surface area contributed by atoms with Crippen molar-refractivity contribution in [2.45, 2.75) is 40.0 Å². The fourth-order valence-corrected chi connectivity index (χ4v) is 2.75. The summed E-state index contributed by atoms with van der Waals surface area (Å²) in [6.45, 7) is 7.43. The molecule has 3 nitrogen and oxygen atoms in total. The van der Waals surface area contributed by atoms with Crippen LogP contribution in [0.2, 0.25) is 0 Å². The van der Waals surface area contributed by atoms with Crippen molar-refractivity contribution in [3.05, 3.63) is 29.1 Å². The molecule has 0 unspecified atom stereocenters. The minimum Gasteiger partial charge on any atom is -0.399 e. The Bertz CT molecular complexity index is 525. The van der Waals surface area contributed by atoms with E-state index in [0.717, 1.165) is 19.3 Å². The van der Waals surface area contributed by atoms with E-state index >= 15 is 0 Å². The Hall–Kier alpha value is -1.58. The molecule has 0 aliphatic carbocycles. The van der Waals surface area contributed by atoms with E-state index in [2.05, 4.69) is 13.8 Å². The first-order chi connectivity index (χ1) is 9.30. The number of aryl methyl sites for hydroxylation is 1. The minimum absolute atomic E-state index is 0.0993. The van der Waals surface area contributed by atoms with Gasteiger partial charge in [-0.05, 0) is 49.3 Å². The number of halogens is 1. The molecule has 1 fully saturated rings. The third-order valence-electron chi connectivity index (χ3n) is 4.13. The Morgan fingerprint density at radius 2 is 2.00 bits per heavy atom. The second kappa shape index (κ2) is 5.43. The Balaban J connectivity index is 2.23. The molecule has 0 atom stereocenters. The zero-order chi connectivity index (χ0) is 14.9. The van der Waals surface area contributed by atoms with Crippen molar-refractivity contribution in [2.24, 2.45) is 5.41 Å². The molecule has 1 aromatic rings. The second-order valence-corrected chi connectivity index (χ2v) is 6.51. The highest BCUT2D eigenvalue weighted by Crippen LogP contribution is 2.30. The highest BCUT2D eigenvalue weighted by atomic mass is 19.1. The van der Waals surface area contributed by atoms with Gasteiger partial charge in [0, 0.05) is 18.8 Å². The molecule has 2 rings (SSSR count). The summed E-state index contributed by atoms with van der Waals surface area (Å²) in [5.41, 5.74) is 6.93. The molecule has 1 heterocycles. The van der Waals surface area contributed by atoms with Crippen LogP contribution in [-0.4, -0.2) is 23.9 Å². The maximum Gasteiger partial charge on any atom is 0.256 e. The van der Waals surface area contributed by atoms with E-state index in [0.29, 0.717) is 24.3 Å². The lowest BCUT2D eigenvalue weighted by atomic mass is 9.85. The summed E-state index contributed by atoms with van der Waals surface area (Å²) in [5, 5.41) is 0. The lowest BCUT2D eigenvalue weighted by molar-refractivity contribution is 0.0752. The number of carbonyl (C=O) groups is 1. The number of carbonyl (C=O) groups excluding carboxylic acids is 1. The number of amides is 1. The quantitative estimate of drug-likeness (QED) is 0.801. The van der Waals surface area contributed by atoms with E-state index in [9.17, 15) is 9.18 Å². The van der Waals surface area contributed by atoms with Crippen LogP contribution in [0.25, 0.3) is 0 Å². The summed E-state index contributed by atoms with van der Waals surface area (Å²) in [7, 11) is 0. The van der Waals surface area contributed by atoms with Crippen molar-refractivity contribution in [3.8, 4) is 0 Å². The molecule has 0 aromatic heterocycles. The predicted molar refractivity (Wildman–Crippen MR) is 79.1 cm³/mol. The van der Waals surface area contributed by atoms with E-state index in [-0.39, 0.29) is 16.9 Å². The molecule has 1 aliphatic heterocycles. The van der Waals surface area contributed by atoms with Gasteiger partial charge in [0.2, 0.25) is 0 Å². The fourth-order valence-electron chi connectivity index (χ4n) is 2.75. The zero-order valence-corrected chi connectivity index (χ0v) is 12.5. The van der Waals surface area contributed by atoms with Crippen molar-refractivity contribution in [3.63, 3.8) is 0 Å². The van der Waals surface area contributed by atoms with Gasteiger partial charge in [-0.25, -0.2) is 4.39 Å². The number of nitrogens with two attached hydrogens (primary N) is 1. The summed E-state index contributed by atoms with van der Waals surface area (Å²) in [6.07, 6.45) is 3.00. The number of hydrogen-bond acceptors (Lipinski definition) is 2. The van der Waals surface area contributed by atoms with Crippen LogP contribution in [0.5, 0.6) is 0 Å². The van der Waals surface area contributed by atoms with Crippen LogP contribution in [0.1, 0.15) is 49.0 Å². The number of hydrogen-bond donors (Lipinski definition) is 1. The first kappa shape index (κ1) is 14.8. The van der Waals surface area contributed by atoms with Gasteiger partial charge in [-0.15, -0.1) is 0 Å². The summed E-state index contributed by atoms with van der Waals surface area (Å²) in [6, 6.07) is 3.00. The van der Waals surface area contributed by atoms with Crippen molar-refractivity contribution in [1.82, 2.24) is 4.90 Å². The van der Waals surface area contributed by atoms with E-state index in [1.165, 1.54) is 6.07 Å². The summed E-state index contributed by atoms with van der Waals surface area (Å²) in [4.78, 5) is 14.3. The Morgan fingerprint density at radius 3 is 2.70 bits per heavy atom. The topological polar surface area (TPSA) is 46.3 Å². The molecule has 1 aliphatic rings. The third kappa shape index (κ3) is 3.11. The molecule has 1 aromatic carbocycles.